The van der Waals surface area contributed by atoms with Gasteiger partial charge in [0.2, 0.25) is 0 Å². The molecule has 0 spiro atoms. The first kappa shape index (κ1) is 11.5. The maximum atomic E-state index is 10.7. The predicted octanol–water partition coefficient (Wildman–Crippen LogP) is 2.82. The second-order valence-electron chi connectivity index (χ2n) is 4.44. The molecule has 0 amide bonds. The molecule has 1 aliphatic carbocycles. The van der Waals surface area contributed by atoms with Crippen molar-refractivity contribution in [3.8, 4) is 0 Å². The van der Waals surface area contributed by atoms with Crippen molar-refractivity contribution in [1.29, 1.82) is 0 Å². The van der Waals surface area contributed by atoms with E-state index in [0.717, 1.165) is 17.7 Å². The lowest BCUT2D eigenvalue weighted by Gasteiger charge is -2.35. The molecule has 0 unspecified atom stereocenters. The lowest BCUT2D eigenvalue weighted by molar-refractivity contribution is -0.380. The smallest absolute Gasteiger partial charge is 0.324 e. The second-order valence-corrected chi connectivity index (χ2v) is 5.50. The zero-order valence-corrected chi connectivity index (χ0v) is 9.96. The first-order chi connectivity index (χ1) is 7.68. The number of thiophene rings is 1. The Balaban J connectivity index is 2.28. The van der Waals surface area contributed by atoms with E-state index < -0.39 is 0 Å². The molecule has 4 nitrogen and oxygen atoms in total. The maximum Gasteiger partial charge on any atom is 0.324 e. The van der Waals surface area contributed by atoms with E-state index in [4.69, 9.17) is 5.73 Å². The minimum Gasteiger partial charge on any atom is -0.330 e. The summed E-state index contributed by atoms with van der Waals surface area (Å²) in [6.45, 7) is 0.602. The molecule has 1 aliphatic rings. The Kier molecular flexibility index (Phi) is 3.25. The van der Waals surface area contributed by atoms with Crippen LogP contribution >= 0.6 is 11.3 Å². The zero-order chi connectivity index (χ0) is 11.6. The van der Waals surface area contributed by atoms with E-state index in [2.05, 4.69) is 0 Å². The van der Waals surface area contributed by atoms with Gasteiger partial charge in [-0.2, -0.15) is 0 Å². The number of hydrogen-bond donors (Lipinski definition) is 1. The standard InChI is InChI=1S/C11H16N2O2S/c12-8-11(6-2-1-3-7-11)9-4-5-10(16-9)13(14)15/h4-5H,1-3,6-8,12H2. The van der Waals surface area contributed by atoms with Gasteiger partial charge < -0.3 is 5.73 Å². The van der Waals surface area contributed by atoms with Gasteiger partial charge in [-0.25, -0.2) is 0 Å². The first-order valence-corrected chi connectivity index (χ1v) is 6.44. The summed E-state index contributed by atoms with van der Waals surface area (Å²) in [7, 11) is 0. The summed E-state index contributed by atoms with van der Waals surface area (Å²) in [4.78, 5) is 11.5. The Bertz CT molecular complexity index is 383. The second kappa shape index (κ2) is 4.51. The molecular formula is C11H16N2O2S. The van der Waals surface area contributed by atoms with Gasteiger partial charge in [-0.15, -0.1) is 0 Å². The van der Waals surface area contributed by atoms with Gasteiger partial charge in [0.1, 0.15) is 0 Å². The molecule has 16 heavy (non-hydrogen) atoms. The fraction of sp³-hybridized carbons (Fsp3) is 0.636. The monoisotopic (exact) mass is 240 g/mol. The average Bonchev–Trinajstić information content (AvgIpc) is 2.80. The molecule has 0 radical (unpaired) electrons. The summed E-state index contributed by atoms with van der Waals surface area (Å²) in [6, 6.07) is 3.49. The van der Waals surface area contributed by atoms with Gasteiger partial charge in [-0.05, 0) is 18.9 Å². The summed E-state index contributed by atoms with van der Waals surface area (Å²) in [5.41, 5.74) is 5.90. The van der Waals surface area contributed by atoms with Crippen LogP contribution in [0.25, 0.3) is 0 Å². The van der Waals surface area contributed by atoms with Crippen molar-refractivity contribution in [2.75, 3.05) is 6.54 Å². The van der Waals surface area contributed by atoms with Crippen LogP contribution in [0.3, 0.4) is 0 Å². The van der Waals surface area contributed by atoms with Crippen molar-refractivity contribution in [3.05, 3.63) is 27.1 Å². The van der Waals surface area contributed by atoms with Crippen LogP contribution in [0.4, 0.5) is 5.00 Å². The molecule has 1 aromatic rings. The van der Waals surface area contributed by atoms with E-state index in [0.29, 0.717) is 6.54 Å². The molecule has 2 rings (SSSR count). The number of nitro groups is 1. The van der Waals surface area contributed by atoms with Gasteiger partial charge in [-0.3, -0.25) is 10.1 Å². The van der Waals surface area contributed by atoms with Crippen molar-refractivity contribution in [2.45, 2.75) is 37.5 Å². The van der Waals surface area contributed by atoms with E-state index in [1.54, 1.807) is 6.07 Å². The third-order valence-corrected chi connectivity index (χ3v) is 4.78. The molecule has 0 aromatic carbocycles. The van der Waals surface area contributed by atoms with E-state index in [1.165, 1.54) is 30.6 Å². The highest BCUT2D eigenvalue weighted by Crippen LogP contribution is 2.43. The number of nitrogens with two attached hydrogens (primary N) is 1. The Morgan fingerprint density at radius 2 is 2.06 bits per heavy atom. The van der Waals surface area contributed by atoms with E-state index in [9.17, 15) is 10.1 Å². The van der Waals surface area contributed by atoms with Crippen molar-refractivity contribution in [1.82, 2.24) is 0 Å². The van der Waals surface area contributed by atoms with Gasteiger partial charge in [0.15, 0.2) is 0 Å². The molecule has 1 heterocycles. The zero-order valence-electron chi connectivity index (χ0n) is 9.15. The predicted molar refractivity (Wildman–Crippen MR) is 64.8 cm³/mol. The summed E-state index contributed by atoms with van der Waals surface area (Å²) in [6.07, 6.45) is 5.77. The van der Waals surface area contributed by atoms with Crippen LogP contribution in [0.15, 0.2) is 12.1 Å². The molecule has 0 bridgehead atoms. The molecule has 1 aromatic heterocycles. The highest BCUT2D eigenvalue weighted by Gasteiger charge is 2.34. The highest BCUT2D eigenvalue weighted by molar-refractivity contribution is 7.15. The molecular weight excluding hydrogens is 224 g/mol. The van der Waals surface area contributed by atoms with Crippen molar-refractivity contribution >= 4 is 16.3 Å². The minimum absolute atomic E-state index is 0.0111. The number of rotatable bonds is 3. The fourth-order valence-corrected chi connectivity index (χ4v) is 3.57. The molecule has 5 heteroatoms. The first-order valence-electron chi connectivity index (χ1n) is 5.63. The van der Waals surface area contributed by atoms with E-state index >= 15 is 0 Å². The van der Waals surface area contributed by atoms with Crippen LogP contribution in [-0.4, -0.2) is 11.5 Å². The largest absolute Gasteiger partial charge is 0.330 e. The van der Waals surface area contributed by atoms with E-state index in [-0.39, 0.29) is 15.3 Å². The molecule has 88 valence electrons. The van der Waals surface area contributed by atoms with Gasteiger partial charge in [0.05, 0.1) is 4.92 Å². The Hall–Kier alpha value is -0.940. The average molecular weight is 240 g/mol. The fourth-order valence-electron chi connectivity index (χ4n) is 2.49. The van der Waals surface area contributed by atoms with Crippen LogP contribution in [0.1, 0.15) is 37.0 Å². The quantitative estimate of drug-likeness (QED) is 0.652. The van der Waals surface area contributed by atoms with Crippen molar-refractivity contribution < 1.29 is 4.92 Å². The lowest BCUT2D eigenvalue weighted by Crippen LogP contribution is -2.36. The molecule has 1 fully saturated rings. The molecule has 0 aliphatic heterocycles. The summed E-state index contributed by atoms with van der Waals surface area (Å²) < 4.78 is 0. The molecule has 0 saturated heterocycles. The van der Waals surface area contributed by atoms with Gasteiger partial charge in [0, 0.05) is 22.9 Å². The molecule has 2 N–H and O–H groups in total. The summed E-state index contributed by atoms with van der Waals surface area (Å²) in [5.74, 6) is 0. The SMILES string of the molecule is NCC1(c2ccc([N+](=O)[O-])s2)CCCCC1. The van der Waals surface area contributed by atoms with Crippen LogP contribution in [-0.2, 0) is 5.41 Å². The van der Waals surface area contributed by atoms with Gasteiger partial charge in [-0.1, -0.05) is 30.6 Å². The Morgan fingerprint density at radius 3 is 2.56 bits per heavy atom. The van der Waals surface area contributed by atoms with Crippen LogP contribution in [0.2, 0.25) is 0 Å². The van der Waals surface area contributed by atoms with Crippen LogP contribution < -0.4 is 5.73 Å². The van der Waals surface area contributed by atoms with Gasteiger partial charge in [0.25, 0.3) is 0 Å². The van der Waals surface area contributed by atoms with Gasteiger partial charge >= 0.3 is 5.00 Å². The van der Waals surface area contributed by atoms with Crippen molar-refractivity contribution in [2.24, 2.45) is 5.73 Å². The highest BCUT2D eigenvalue weighted by atomic mass is 32.1. The third-order valence-electron chi connectivity index (χ3n) is 3.50. The van der Waals surface area contributed by atoms with Crippen molar-refractivity contribution in [3.63, 3.8) is 0 Å². The normalized spacial score (nSPS) is 19.6. The molecule has 0 atom stereocenters. The number of nitrogens with zero attached hydrogens (tertiary/aromatic N) is 1. The third kappa shape index (κ3) is 1.97. The maximum absolute atomic E-state index is 10.7. The Labute approximate surface area is 98.6 Å². The lowest BCUT2D eigenvalue weighted by atomic mass is 9.73. The Morgan fingerprint density at radius 1 is 1.38 bits per heavy atom. The van der Waals surface area contributed by atoms with Crippen LogP contribution in [0, 0.1) is 10.1 Å². The van der Waals surface area contributed by atoms with E-state index in [1.807, 2.05) is 6.07 Å². The molecule has 1 saturated carbocycles. The topological polar surface area (TPSA) is 69.2 Å². The minimum atomic E-state index is -0.318. The number of hydrogen-bond acceptors (Lipinski definition) is 4. The summed E-state index contributed by atoms with van der Waals surface area (Å²) >= 11 is 1.29. The van der Waals surface area contributed by atoms with Crippen LogP contribution in [0.5, 0.6) is 0 Å². The summed E-state index contributed by atoms with van der Waals surface area (Å²) in [5, 5.41) is 10.9.